The van der Waals surface area contributed by atoms with Gasteiger partial charge in [0.1, 0.15) is 6.04 Å². The molecule has 1 aliphatic heterocycles. The van der Waals surface area contributed by atoms with Gasteiger partial charge in [-0.25, -0.2) is 0 Å². The summed E-state index contributed by atoms with van der Waals surface area (Å²) in [6, 6.07) is 1.84. The van der Waals surface area contributed by atoms with Crippen LogP contribution >= 0.6 is 0 Å². The molecule has 0 aromatic carbocycles. The van der Waals surface area contributed by atoms with Crippen LogP contribution in [0.2, 0.25) is 0 Å². The molecule has 2 aromatic rings. The summed E-state index contributed by atoms with van der Waals surface area (Å²) in [5, 5.41) is 11.5. The molecule has 2 aromatic heterocycles. The van der Waals surface area contributed by atoms with Crippen LogP contribution in [-0.2, 0) is 0 Å². The summed E-state index contributed by atoms with van der Waals surface area (Å²) in [6.45, 7) is 5.73. The molecular weight excluding hydrogens is 232 g/mol. The van der Waals surface area contributed by atoms with Crippen LogP contribution in [0.4, 0.5) is 5.95 Å². The van der Waals surface area contributed by atoms with E-state index in [0.29, 0.717) is 11.8 Å². The van der Waals surface area contributed by atoms with Crippen molar-refractivity contribution in [3.8, 4) is 0 Å². The topological polar surface area (TPSA) is 72.0 Å². The van der Waals surface area contributed by atoms with Gasteiger partial charge in [-0.1, -0.05) is 0 Å². The Balaban J connectivity index is 1.76. The predicted molar refractivity (Wildman–Crippen MR) is 65.4 cm³/mol. The third-order valence-electron chi connectivity index (χ3n) is 3.11. The molecular formula is C11H16N6O. The largest absolute Gasteiger partial charge is 0.336 e. The number of nitrogens with zero attached hydrogens (tertiary/aromatic N) is 5. The van der Waals surface area contributed by atoms with E-state index in [1.54, 1.807) is 10.9 Å². The van der Waals surface area contributed by atoms with Gasteiger partial charge in [0.15, 0.2) is 0 Å². The second-order valence-electron chi connectivity index (χ2n) is 4.33. The lowest BCUT2D eigenvalue weighted by molar-refractivity contribution is 0.335. The summed E-state index contributed by atoms with van der Waals surface area (Å²) in [4.78, 5) is 6.57. The predicted octanol–water partition coefficient (Wildman–Crippen LogP) is 0.285. The first kappa shape index (κ1) is 11.2. The molecule has 3 rings (SSSR count). The van der Waals surface area contributed by atoms with E-state index in [1.807, 2.05) is 19.2 Å². The summed E-state index contributed by atoms with van der Waals surface area (Å²) < 4.78 is 7.12. The second kappa shape index (κ2) is 4.77. The highest BCUT2D eigenvalue weighted by Gasteiger charge is 2.20. The maximum atomic E-state index is 5.32. The van der Waals surface area contributed by atoms with Crippen molar-refractivity contribution in [3.05, 3.63) is 24.4 Å². The third-order valence-corrected chi connectivity index (χ3v) is 3.11. The molecule has 1 atom stereocenters. The summed E-state index contributed by atoms with van der Waals surface area (Å²) >= 11 is 0. The van der Waals surface area contributed by atoms with Gasteiger partial charge < -0.3 is 14.7 Å². The number of nitrogens with one attached hydrogen (secondary N) is 1. The standard InChI is InChI=1S/C11H16N6O/c1-9(17-6-2-3-13-17)10-14-11(15-18-10)16-7-4-12-5-8-16/h2-3,6,9,12H,4-5,7-8H2,1H3. The highest BCUT2D eigenvalue weighted by Crippen LogP contribution is 2.18. The maximum Gasteiger partial charge on any atom is 0.266 e. The van der Waals surface area contributed by atoms with Crippen LogP contribution in [-0.4, -0.2) is 46.1 Å². The number of hydrogen-bond acceptors (Lipinski definition) is 6. The molecule has 0 radical (unpaired) electrons. The highest BCUT2D eigenvalue weighted by atomic mass is 16.5. The molecule has 0 saturated carbocycles. The van der Waals surface area contributed by atoms with Crippen LogP contribution in [0.1, 0.15) is 18.9 Å². The number of hydrogen-bond donors (Lipinski definition) is 1. The molecule has 1 fully saturated rings. The minimum absolute atomic E-state index is 0.0378. The normalized spacial score (nSPS) is 17.9. The molecule has 96 valence electrons. The van der Waals surface area contributed by atoms with Gasteiger partial charge in [-0.15, -0.1) is 0 Å². The molecule has 1 saturated heterocycles. The average Bonchev–Trinajstić information content (AvgIpc) is 3.10. The molecule has 3 heterocycles. The van der Waals surface area contributed by atoms with Crippen LogP contribution in [0, 0.1) is 0 Å². The van der Waals surface area contributed by atoms with E-state index in [4.69, 9.17) is 4.52 Å². The minimum atomic E-state index is -0.0378. The number of aromatic nitrogens is 4. The van der Waals surface area contributed by atoms with E-state index in [-0.39, 0.29) is 6.04 Å². The van der Waals surface area contributed by atoms with Gasteiger partial charge in [0.05, 0.1) is 0 Å². The molecule has 1 aliphatic rings. The Labute approximate surface area is 105 Å². The van der Waals surface area contributed by atoms with Crippen LogP contribution < -0.4 is 10.2 Å². The van der Waals surface area contributed by atoms with Gasteiger partial charge in [0.2, 0.25) is 0 Å². The summed E-state index contributed by atoms with van der Waals surface area (Å²) in [5.74, 6) is 1.26. The first-order valence-corrected chi connectivity index (χ1v) is 6.13. The smallest absolute Gasteiger partial charge is 0.266 e. The number of rotatable bonds is 3. The first-order valence-electron chi connectivity index (χ1n) is 6.13. The van der Waals surface area contributed by atoms with E-state index in [9.17, 15) is 0 Å². The Bertz CT molecular complexity index is 487. The maximum absolute atomic E-state index is 5.32. The lowest BCUT2D eigenvalue weighted by atomic mass is 10.3. The fourth-order valence-electron chi connectivity index (χ4n) is 2.01. The second-order valence-corrected chi connectivity index (χ2v) is 4.33. The molecule has 0 spiro atoms. The van der Waals surface area contributed by atoms with Crippen LogP contribution in [0.15, 0.2) is 23.0 Å². The van der Waals surface area contributed by atoms with E-state index >= 15 is 0 Å². The molecule has 0 aliphatic carbocycles. The van der Waals surface area contributed by atoms with E-state index in [1.165, 1.54) is 0 Å². The Morgan fingerprint density at radius 1 is 1.39 bits per heavy atom. The monoisotopic (exact) mass is 248 g/mol. The van der Waals surface area contributed by atoms with Gasteiger partial charge in [-0.05, 0) is 18.1 Å². The molecule has 7 heteroatoms. The Morgan fingerprint density at radius 3 is 2.94 bits per heavy atom. The molecule has 0 amide bonds. The molecule has 1 unspecified atom stereocenters. The van der Waals surface area contributed by atoms with Crippen molar-refractivity contribution in [3.63, 3.8) is 0 Å². The lowest BCUT2D eigenvalue weighted by Gasteiger charge is -2.25. The number of piperazine rings is 1. The molecule has 7 nitrogen and oxygen atoms in total. The summed E-state index contributed by atoms with van der Waals surface area (Å²) in [7, 11) is 0. The van der Waals surface area contributed by atoms with Gasteiger partial charge in [0, 0.05) is 38.6 Å². The molecule has 1 N–H and O–H groups in total. The SMILES string of the molecule is CC(c1nc(N2CCNCC2)no1)n1cccn1. The van der Waals surface area contributed by atoms with Crippen molar-refractivity contribution < 1.29 is 4.52 Å². The minimum Gasteiger partial charge on any atom is -0.336 e. The van der Waals surface area contributed by atoms with Crippen molar-refractivity contribution in [1.29, 1.82) is 0 Å². The first-order chi connectivity index (χ1) is 8.84. The fourth-order valence-corrected chi connectivity index (χ4v) is 2.01. The fraction of sp³-hybridized carbons (Fsp3) is 0.545. The van der Waals surface area contributed by atoms with Crippen LogP contribution in [0.25, 0.3) is 0 Å². The van der Waals surface area contributed by atoms with E-state index < -0.39 is 0 Å². The molecule has 0 bridgehead atoms. The van der Waals surface area contributed by atoms with Crippen molar-refractivity contribution in [2.24, 2.45) is 0 Å². The van der Waals surface area contributed by atoms with Gasteiger partial charge in [-0.3, -0.25) is 4.68 Å². The Kier molecular flexibility index (Phi) is 2.97. The number of anilines is 1. The van der Waals surface area contributed by atoms with Gasteiger partial charge >= 0.3 is 0 Å². The van der Waals surface area contributed by atoms with Crippen molar-refractivity contribution in [2.45, 2.75) is 13.0 Å². The highest BCUT2D eigenvalue weighted by molar-refractivity contribution is 5.28. The quantitative estimate of drug-likeness (QED) is 0.841. The van der Waals surface area contributed by atoms with Crippen molar-refractivity contribution >= 4 is 5.95 Å². The summed E-state index contributed by atoms with van der Waals surface area (Å²) in [5.41, 5.74) is 0. The zero-order chi connectivity index (χ0) is 12.4. The van der Waals surface area contributed by atoms with Gasteiger partial charge in [0.25, 0.3) is 11.8 Å². The van der Waals surface area contributed by atoms with Crippen LogP contribution in [0.5, 0.6) is 0 Å². The third kappa shape index (κ3) is 2.08. The lowest BCUT2D eigenvalue weighted by Crippen LogP contribution is -2.44. The van der Waals surface area contributed by atoms with E-state index in [0.717, 1.165) is 26.2 Å². The summed E-state index contributed by atoms with van der Waals surface area (Å²) in [6.07, 6.45) is 3.63. The van der Waals surface area contributed by atoms with E-state index in [2.05, 4.69) is 25.5 Å². The van der Waals surface area contributed by atoms with Crippen LogP contribution in [0.3, 0.4) is 0 Å². The molecule has 18 heavy (non-hydrogen) atoms. The van der Waals surface area contributed by atoms with Crippen molar-refractivity contribution in [1.82, 2.24) is 25.2 Å². The zero-order valence-electron chi connectivity index (χ0n) is 10.3. The zero-order valence-corrected chi connectivity index (χ0v) is 10.3. The average molecular weight is 248 g/mol. The Hall–Kier alpha value is -1.89. The van der Waals surface area contributed by atoms with Crippen molar-refractivity contribution in [2.75, 3.05) is 31.1 Å². The Morgan fingerprint density at radius 2 is 2.22 bits per heavy atom. The van der Waals surface area contributed by atoms with Gasteiger partial charge in [-0.2, -0.15) is 10.1 Å².